The van der Waals surface area contributed by atoms with Gasteiger partial charge in [-0.25, -0.2) is 0 Å². The fourth-order valence-corrected chi connectivity index (χ4v) is 3.58. The van der Waals surface area contributed by atoms with Gasteiger partial charge in [0.05, 0.1) is 7.11 Å². The van der Waals surface area contributed by atoms with Gasteiger partial charge in [0.2, 0.25) is 0 Å². The number of ether oxygens (including phenoxy) is 1. The largest absolute Gasteiger partial charge is 0.496 e. The predicted molar refractivity (Wildman–Crippen MR) is 88.8 cm³/mol. The Labute approximate surface area is 127 Å². The molecule has 0 bridgehead atoms. The van der Waals surface area contributed by atoms with E-state index in [1.54, 1.807) is 7.11 Å². The maximum absolute atomic E-state index is 5.56. The van der Waals surface area contributed by atoms with Crippen molar-refractivity contribution in [2.75, 3.05) is 13.7 Å². The minimum atomic E-state index is 0.484. The first kappa shape index (κ1) is 14.4. The van der Waals surface area contributed by atoms with Gasteiger partial charge < -0.3 is 10.1 Å². The van der Waals surface area contributed by atoms with Crippen LogP contribution in [0.1, 0.15) is 38.2 Å². The number of rotatable bonds is 5. The van der Waals surface area contributed by atoms with Crippen molar-refractivity contribution in [3.05, 3.63) is 42.0 Å². The van der Waals surface area contributed by atoms with Gasteiger partial charge in [0.1, 0.15) is 5.75 Å². The number of fused-ring (bicyclic) bond motifs is 1. The zero-order valence-corrected chi connectivity index (χ0v) is 13.1. The summed E-state index contributed by atoms with van der Waals surface area (Å²) >= 11 is 0. The number of methoxy groups -OCH3 is 1. The average Bonchev–Trinajstić information content (AvgIpc) is 2.94. The molecule has 0 amide bonds. The lowest BCUT2D eigenvalue weighted by molar-refractivity contribution is 0.313. The van der Waals surface area contributed by atoms with Crippen LogP contribution in [0.4, 0.5) is 0 Å². The normalized spacial score (nSPS) is 17.2. The molecule has 2 nitrogen and oxygen atoms in total. The van der Waals surface area contributed by atoms with Gasteiger partial charge in [-0.15, -0.1) is 0 Å². The predicted octanol–water partition coefficient (Wildman–Crippen LogP) is 4.52. The summed E-state index contributed by atoms with van der Waals surface area (Å²) in [5.41, 5.74) is 1.76. The van der Waals surface area contributed by atoms with Crippen LogP contribution in [0.15, 0.2) is 36.4 Å². The summed E-state index contributed by atoms with van der Waals surface area (Å²) in [6.45, 7) is 4.38. The second-order valence-corrected chi connectivity index (χ2v) is 6.59. The van der Waals surface area contributed by atoms with Crippen molar-refractivity contribution in [3.8, 4) is 5.75 Å². The van der Waals surface area contributed by atoms with Gasteiger partial charge in [-0.05, 0) is 35.1 Å². The lowest BCUT2D eigenvalue weighted by Crippen LogP contribution is -2.29. The van der Waals surface area contributed by atoms with Crippen molar-refractivity contribution in [2.24, 2.45) is 5.41 Å². The first-order chi connectivity index (χ1) is 10.2. The highest BCUT2D eigenvalue weighted by Crippen LogP contribution is 2.37. The fraction of sp³-hybridized carbons (Fsp3) is 0.474. The zero-order valence-electron chi connectivity index (χ0n) is 13.1. The molecule has 0 saturated heterocycles. The summed E-state index contributed by atoms with van der Waals surface area (Å²) in [5.74, 6) is 0.984. The molecule has 1 aliphatic carbocycles. The van der Waals surface area contributed by atoms with Gasteiger partial charge in [-0.1, -0.05) is 50.1 Å². The molecule has 2 aromatic carbocycles. The SMILES string of the molecule is COc1ccc2ccccc2c1CNCC1(C)CCCC1. The highest BCUT2D eigenvalue weighted by Gasteiger charge is 2.28. The van der Waals surface area contributed by atoms with E-state index in [-0.39, 0.29) is 0 Å². The molecule has 0 aromatic heterocycles. The molecular weight excluding hydrogens is 258 g/mol. The third-order valence-corrected chi connectivity index (χ3v) is 4.88. The van der Waals surface area contributed by atoms with Gasteiger partial charge in [-0.2, -0.15) is 0 Å². The molecule has 2 heteroatoms. The van der Waals surface area contributed by atoms with E-state index in [0.29, 0.717) is 5.41 Å². The number of hydrogen-bond donors (Lipinski definition) is 1. The van der Waals surface area contributed by atoms with Crippen molar-refractivity contribution in [2.45, 2.75) is 39.2 Å². The van der Waals surface area contributed by atoms with Crippen LogP contribution in [0, 0.1) is 5.41 Å². The summed E-state index contributed by atoms with van der Waals surface area (Å²) < 4.78 is 5.56. The van der Waals surface area contributed by atoms with E-state index in [2.05, 4.69) is 48.6 Å². The maximum atomic E-state index is 5.56. The molecule has 0 spiro atoms. The Morgan fingerprint density at radius 1 is 1.10 bits per heavy atom. The first-order valence-electron chi connectivity index (χ1n) is 7.97. The molecule has 0 aliphatic heterocycles. The topological polar surface area (TPSA) is 21.3 Å². The molecule has 0 radical (unpaired) electrons. The summed E-state index contributed by atoms with van der Waals surface area (Å²) in [5, 5.41) is 6.24. The Balaban J connectivity index is 1.79. The molecule has 21 heavy (non-hydrogen) atoms. The van der Waals surface area contributed by atoms with E-state index in [4.69, 9.17) is 4.74 Å². The standard InChI is InChI=1S/C19H25NO/c1-19(11-5-6-12-19)14-20-13-17-16-8-4-3-7-15(16)9-10-18(17)21-2/h3-4,7-10,20H,5-6,11-14H2,1-2H3. The van der Waals surface area contributed by atoms with E-state index < -0.39 is 0 Å². The van der Waals surface area contributed by atoms with E-state index in [1.165, 1.54) is 42.0 Å². The number of hydrogen-bond acceptors (Lipinski definition) is 2. The Morgan fingerprint density at radius 3 is 2.62 bits per heavy atom. The van der Waals surface area contributed by atoms with Crippen LogP contribution in [0.2, 0.25) is 0 Å². The maximum Gasteiger partial charge on any atom is 0.123 e. The molecule has 3 rings (SSSR count). The Bertz CT molecular complexity index is 614. The summed E-state index contributed by atoms with van der Waals surface area (Å²) in [7, 11) is 1.76. The van der Waals surface area contributed by atoms with E-state index >= 15 is 0 Å². The first-order valence-corrected chi connectivity index (χ1v) is 7.97. The van der Waals surface area contributed by atoms with Crippen molar-refractivity contribution in [1.29, 1.82) is 0 Å². The van der Waals surface area contributed by atoms with Crippen LogP contribution in [-0.4, -0.2) is 13.7 Å². The van der Waals surface area contributed by atoms with Gasteiger partial charge >= 0.3 is 0 Å². The molecule has 1 saturated carbocycles. The Morgan fingerprint density at radius 2 is 1.86 bits per heavy atom. The molecule has 0 atom stereocenters. The summed E-state index contributed by atoms with van der Waals surface area (Å²) in [4.78, 5) is 0. The van der Waals surface area contributed by atoms with Gasteiger partial charge in [-0.3, -0.25) is 0 Å². The van der Waals surface area contributed by atoms with Crippen LogP contribution < -0.4 is 10.1 Å². The highest BCUT2D eigenvalue weighted by atomic mass is 16.5. The lowest BCUT2D eigenvalue weighted by atomic mass is 9.89. The van der Waals surface area contributed by atoms with Gasteiger partial charge in [0.25, 0.3) is 0 Å². The Hall–Kier alpha value is -1.54. The third-order valence-electron chi connectivity index (χ3n) is 4.88. The van der Waals surface area contributed by atoms with E-state index in [1.807, 2.05) is 0 Å². The molecule has 2 aromatic rings. The minimum absolute atomic E-state index is 0.484. The second-order valence-electron chi connectivity index (χ2n) is 6.59. The van der Waals surface area contributed by atoms with Crippen LogP contribution in [-0.2, 0) is 6.54 Å². The minimum Gasteiger partial charge on any atom is -0.496 e. The van der Waals surface area contributed by atoms with Crippen molar-refractivity contribution in [1.82, 2.24) is 5.32 Å². The number of nitrogens with one attached hydrogen (secondary N) is 1. The van der Waals surface area contributed by atoms with Crippen LogP contribution in [0.3, 0.4) is 0 Å². The number of benzene rings is 2. The van der Waals surface area contributed by atoms with Gasteiger partial charge in [0, 0.05) is 18.7 Å². The molecule has 1 fully saturated rings. The highest BCUT2D eigenvalue weighted by molar-refractivity contribution is 5.87. The van der Waals surface area contributed by atoms with E-state index in [0.717, 1.165) is 18.8 Å². The third kappa shape index (κ3) is 3.06. The fourth-order valence-electron chi connectivity index (χ4n) is 3.58. The van der Waals surface area contributed by atoms with Crippen LogP contribution in [0.5, 0.6) is 5.75 Å². The zero-order chi connectivity index (χ0) is 14.7. The molecule has 1 aliphatic rings. The molecule has 1 N–H and O–H groups in total. The smallest absolute Gasteiger partial charge is 0.123 e. The summed E-state index contributed by atoms with van der Waals surface area (Å²) in [6, 6.07) is 12.8. The van der Waals surface area contributed by atoms with E-state index in [9.17, 15) is 0 Å². The van der Waals surface area contributed by atoms with Crippen LogP contribution in [0.25, 0.3) is 10.8 Å². The lowest BCUT2D eigenvalue weighted by Gasteiger charge is -2.24. The Kier molecular flexibility index (Phi) is 4.16. The van der Waals surface area contributed by atoms with Crippen molar-refractivity contribution < 1.29 is 4.74 Å². The van der Waals surface area contributed by atoms with Gasteiger partial charge in [0.15, 0.2) is 0 Å². The van der Waals surface area contributed by atoms with Crippen molar-refractivity contribution >= 4 is 10.8 Å². The molecule has 0 heterocycles. The summed E-state index contributed by atoms with van der Waals surface area (Å²) in [6.07, 6.45) is 5.48. The monoisotopic (exact) mass is 283 g/mol. The second kappa shape index (κ2) is 6.07. The average molecular weight is 283 g/mol. The van der Waals surface area contributed by atoms with Crippen molar-refractivity contribution in [3.63, 3.8) is 0 Å². The van der Waals surface area contributed by atoms with Crippen LogP contribution >= 0.6 is 0 Å². The molecule has 0 unspecified atom stereocenters. The molecule has 112 valence electrons. The molecular formula is C19H25NO. The quantitative estimate of drug-likeness (QED) is 0.871.